The molecule has 1 N–H and O–H groups in total. The first-order valence-electron chi connectivity index (χ1n) is 8.14. The Bertz CT molecular complexity index is 1070. The number of carbonyl (C=O) groups excluding carboxylic acids is 1. The molecule has 2 aromatic carbocycles. The van der Waals surface area contributed by atoms with E-state index in [1.807, 2.05) is 0 Å². The topological polar surface area (TPSA) is 97.2 Å². The predicted octanol–water partition coefficient (Wildman–Crippen LogP) is 3.36. The molecule has 2 aromatic rings. The highest BCUT2D eigenvalue weighted by molar-refractivity contribution is 8.15. The van der Waals surface area contributed by atoms with Crippen LogP contribution in [0.1, 0.15) is 18.1 Å². The van der Waals surface area contributed by atoms with Crippen LogP contribution in [-0.2, 0) is 14.9 Å². The van der Waals surface area contributed by atoms with Crippen LogP contribution in [0.2, 0.25) is 5.02 Å². The van der Waals surface area contributed by atoms with Gasteiger partial charge in [0.15, 0.2) is 5.17 Å². The van der Waals surface area contributed by atoms with Crippen LogP contribution in [0, 0.1) is 6.92 Å². The zero-order chi connectivity index (χ0) is 20.3. The number of hydrogen-bond donors (Lipinski definition) is 1. The van der Waals surface area contributed by atoms with E-state index in [0.29, 0.717) is 15.8 Å². The zero-order valence-corrected chi connectivity index (χ0v) is 17.3. The number of aryl methyl sites for hydroxylation is 1. The van der Waals surface area contributed by atoms with E-state index in [4.69, 9.17) is 15.8 Å². The number of carbonyl (C=O) groups is 1. The van der Waals surface area contributed by atoms with E-state index in [9.17, 15) is 13.2 Å². The number of nitrogens with zero attached hydrogens (tertiary/aromatic N) is 2. The van der Waals surface area contributed by atoms with Gasteiger partial charge in [-0.2, -0.15) is 13.5 Å². The Labute approximate surface area is 172 Å². The van der Waals surface area contributed by atoms with Gasteiger partial charge >= 0.3 is 10.1 Å². The molecule has 1 aliphatic rings. The van der Waals surface area contributed by atoms with Gasteiger partial charge in [0.2, 0.25) is 5.91 Å². The summed E-state index contributed by atoms with van der Waals surface area (Å²) >= 11 is 7.28. The van der Waals surface area contributed by atoms with Crippen molar-refractivity contribution in [2.45, 2.75) is 24.0 Å². The van der Waals surface area contributed by atoms with Crippen LogP contribution >= 0.6 is 23.4 Å². The van der Waals surface area contributed by atoms with Gasteiger partial charge in [-0.25, -0.2) is 0 Å². The van der Waals surface area contributed by atoms with E-state index in [0.717, 1.165) is 5.56 Å². The highest BCUT2D eigenvalue weighted by atomic mass is 35.5. The standard InChI is InChI=1S/C18H16ClN3O4S2/c1-11-3-8-15(9-16(11)19)28(24,25)26-14-6-4-13(5-7-14)10-20-22-18-21-17(23)12(2)27-18/h3-10,12H,1-2H3,(H,21,22,23)/b20-10+. The van der Waals surface area contributed by atoms with Crippen LogP contribution in [0.4, 0.5) is 0 Å². The number of benzene rings is 2. The highest BCUT2D eigenvalue weighted by Crippen LogP contribution is 2.23. The van der Waals surface area contributed by atoms with Crippen molar-refractivity contribution < 1.29 is 17.4 Å². The lowest BCUT2D eigenvalue weighted by Crippen LogP contribution is -2.23. The van der Waals surface area contributed by atoms with E-state index < -0.39 is 10.1 Å². The second-order valence-corrected chi connectivity index (χ2v) is 9.20. The molecule has 0 radical (unpaired) electrons. The van der Waals surface area contributed by atoms with Crippen LogP contribution in [0.25, 0.3) is 0 Å². The fourth-order valence-electron chi connectivity index (χ4n) is 2.17. The van der Waals surface area contributed by atoms with E-state index in [1.54, 1.807) is 32.0 Å². The van der Waals surface area contributed by atoms with Crippen molar-refractivity contribution in [1.82, 2.24) is 5.32 Å². The van der Waals surface area contributed by atoms with Crippen molar-refractivity contribution in [2.75, 3.05) is 0 Å². The number of thioether (sulfide) groups is 1. The molecule has 1 heterocycles. The van der Waals surface area contributed by atoms with Crippen molar-refractivity contribution in [1.29, 1.82) is 0 Å². The predicted molar refractivity (Wildman–Crippen MR) is 111 cm³/mol. The minimum atomic E-state index is -3.99. The average molecular weight is 438 g/mol. The molecule has 0 spiro atoms. The molecule has 1 fully saturated rings. The Hall–Kier alpha value is -2.36. The van der Waals surface area contributed by atoms with E-state index in [-0.39, 0.29) is 21.8 Å². The lowest BCUT2D eigenvalue weighted by molar-refractivity contribution is -0.118. The maximum atomic E-state index is 12.4. The van der Waals surface area contributed by atoms with Gasteiger partial charge in [-0.05, 0) is 61.4 Å². The molecule has 1 amide bonds. The second-order valence-electron chi connectivity index (χ2n) is 5.92. The van der Waals surface area contributed by atoms with Crippen LogP contribution in [-0.4, -0.2) is 31.0 Å². The van der Waals surface area contributed by atoms with Gasteiger partial charge in [0, 0.05) is 5.02 Å². The minimum Gasteiger partial charge on any atom is -0.379 e. The summed E-state index contributed by atoms with van der Waals surface area (Å²) in [5.74, 6) is 0.0594. The summed E-state index contributed by atoms with van der Waals surface area (Å²) in [6.45, 7) is 3.56. The molecule has 28 heavy (non-hydrogen) atoms. The van der Waals surface area contributed by atoms with Crippen molar-refractivity contribution in [3.8, 4) is 5.75 Å². The quantitative estimate of drug-likeness (QED) is 0.439. The SMILES string of the molecule is Cc1ccc(S(=O)(=O)Oc2ccc(/C=N/N=C3\NC(=O)C(C)S3)cc2)cc1Cl. The first-order valence-corrected chi connectivity index (χ1v) is 10.8. The largest absolute Gasteiger partial charge is 0.379 e. The van der Waals surface area contributed by atoms with E-state index in [1.165, 1.54) is 42.2 Å². The summed E-state index contributed by atoms with van der Waals surface area (Å²) < 4.78 is 29.9. The van der Waals surface area contributed by atoms with Crippen molar-refractivity contribution in [2.24, 2.45) is 10.2 Å². The Morgan fingerprint density at radius 2 is 1.93 bits per heavy atom. The molecule has 10 heteroatoms. The van der Waals surface area contributed by atoms with E-state index in [2.05, 4.69) is 15.5 Å². The maximum Gasteiger partial charge on any atom is 0.339 e. The lowest BCUT2D eigenvalue weighted by Gasteiger charge is -2.08. The van der Waals surface area contributed by atoms with Gasteiger partial charge in [-0.3, -0.25) is 4.79 Å². The average Bonchev–Trinajstić information content (AvgIpc) is 2.96. The van der Waals surface area contributed by atoms with Crippen LogP contribution < -0.4 is 9.50 Å². The Morgan fingerprint density at radius 1 is 1.21 bits per heavy atom. The van der Waals surface area contributed by atoms with Crippen LogP contribution in [0.5, 0.6) is 5.75 Å². The molecule has 7 nitrogen and oxygen atoms in total. The molecule has 3 rings (SSSR count). The van der Waals surface area contributed by atoms with Crippen molar-refractivity contribution in [3.05, 3.63) is 58.6 Å². The Balaban J connectivity index is 1.67. The van der Waals surface area contributed by atoms with Crippen LogP contribution in [0.15, 0.2) is 57.6 Å². The van der Waals surface area contributed by atoms with Gasteiger partial charge in [0.1, 0.15) is 10.6 Å². The van der Waals surface area contributed by atoms with Crippen molar-refractivity contribution in [3.63, 3.8) is 0 Å². The molecule has 1 unspecified atom stereocenters. The first kappa shape index (κ1) is 20.4. The molecule has 1 aliphatic heterocycles. The fraction of sp³-hybridized carbons (Fsp3) is 0.167. The Kier molecular flexibility index (Phi) is 6.07. The summed E-state index contributed by atoms with van der Waals surface area (Å²) in [6.07, 6.45) is 1.49. The summed E-state index contributed by atoms with van der Waals surface area (Å²) in [5, 5.41) is 11.1. The number of amides is 1. The molecule has 1 saturated heterocycles. The van der Waals surface area contributed by atoms with Crippen LogP contribution in [0.3, 0.4) is 0 Å². The molecule has 146 valence electrons. The third-order valence-electron chi connectivity index (χ3n) is 3.76. The highest BCUT2D eigenvalue weighted by Gasteiger charge is 2.25. The molecular formula is C18H16ClN3O4S2. The number of halogens is 1. The summed E-state index contributed by atoms with van der Waals surface area (Å²) in [6, 6.07) is 10.7. The smallest absolute Gasteiger partial charge is 0.339 e. The van der Waals surface area contributed by atoms with Gasteiger partial charge in [0.05, 0.1) is 11.5 Å². The monoisotopic (exact) mass is 437 g/mol. The van der Waals surface area contributed by atoms with Gasteiger partial charge < -0.3 is 9.50 Å². The second kappa shape index (κ2) is 8.34. The summed E-state index contributed by atoms with van der Waals surface area (Å²) in [4.78, 5) is 11.4. The minimum absolute atomic E-state index is 0.0186. The molecule has 0 bridgehead atoms. The molecule has 0 saturated carbocycles. The Morgan fingerprint density at radius 3 is 2.54 bits per heavy atom. The number of hydrogen-bond acceptors (Lipinski definition) is 7. The lowest BCUT2D eigenvalue weighted by atomic mass is 10.2. The maximum absolute atomic E-state index is 12.4. The summed E-state index contributed by atoms with van der Waals surface area (Å²) in [7, 11) is -3.99. The third-order valence-corrected chi connectivity index (χ3v) is 6.39. The summed E-state index contributed by atoms with van der Waals surface area (Å²) in [5.41, 5.74) is 1.47. The van der Waals surface area contributed by atoms with Crippen molar-refractivity contribution >= 4 is 50.8 Å². The van der Waals surface area contributed by atoms with E-state index >= 15 is 0 Å². The number of nitrogens with one attached hydrogen (secondary N) is 1. The molecule has 0 aromatic heterocycles. The zero-order valence-electron chi connectivity index (χ0n) is 14.9. The molecule has 1 atom stereocenters. The number of rotatable bonds is 5. The van der Waals surface area contributed by atoms with Gasteiger partial charge in [-0.15, -0.1) is 5.10 Å². The van der Waals surface area contributed by atoms with Gasteiger partial charge in [0.25, 0.3) is 0 Å². The molecular weight excluding hydrogens is 422 g/mol. The molecule has 0 aliphatic carbocycles. The normalized spacial score (nSPS) is 18.6. The third kappa shape index (κ3) is 4.92. The number of amidine groups is 1. The fourth-order valence-corrected chi connectivity index (χ4v) is 4.12. The van der Waals surface area contributed by atoms with Gasteiger partial charge in [-0.1, -0.05) is 29.4 Å². The first-order chi connectivity index (χ1) is 13.2.